The summed E-state index contributed by atoms with van der Waals surface area (Å²) in [5.41, 5.74) is 0.945. The van der Waals surface area contributed by atoms with Crippen molar-refractivity contribution in [2.45, 2.75) is 19.9 Å². The van der Waals surface area contributed by atoms with Crippen molar-refractivity contribution in [2.24, 2.45) is 5.92 Å². The monoisotopic (exact) mass is 237 g/mol. The first-order chi connectivity index (χ1) is 8.06. The zero-order chi connectivity index (χ0) is 12.4. The molecule has 0 bridgehead atoms. The van der Waals surface area contributed by atoms with Crippen LogP contribution < -0.4 is 0 Å². The average molecular weight is 237 g/mol. The molecule has 0 spiro atoms. The van der Waals surface area contributed by atoms with Crippen LogP contribution in [0.15, 0.2) is 10.6 Å². The van der Waals surface area contributed by atoms with Crippen LogP contribution in [-0.4, -0.2) is 48.0 Å². The van der Waals surface area contributed by atoms with E-state index < -0.39 is 0 Å². The predicted octanol–water partition coefficient (Wildman–Crippen LogP) is 0.893. The van der Waals surface area contributed by atoms with Crippen molar-refractivity contribution in [2.75, 3.05) is 27.2 Å². The lowest BCUT2D eigenvalue weighted by Crippen LogP contribution is -2.31. The van der Waals surface area contributed by atoms with E-state index in [9.17, 15) is 4.79 Å². The first-order valence-electron chi connectivity index (χ1n) is 5.92. The molecule has 1 saturated heterocycles. The highest BCUT2D eigenvalue weighted by Gasteiger charge is 2.29. The normalized spacial score (nSPS) is 20.8. The van der Waals surface area contributed by atoms with E-state index in [0.29, 0.717) is 0 Å². The molecule has 1 aromatic heterocycles. The molecule has 94 valence electrons. The molecule has 0 saturated carbocycles. The quantitative estimate of drug-likeness (QED) is 0.783. The molecule has 17 heavy (non-hydrogen) atoms. The maximum absolute atomic E-state index is 11.8. The van der Waals surface area contributed by atoms with Gasteiger partial charge >= 0.3 is 0 Å². The fraction of sp³-hybridized carbons (Fsp3) is 0.667. The summed E-state index contributed by atoms with van der Waals surface area (Å²) in [6, 6.07) is 1.95. The van der Waals surface area contributed by atoms with Crippen LogP contribution in [0.25, 0.3) is 0 Å². The predicted molar refractivity (Wildman–Crippen MR) is 63.3 cm³/mol. The number of rotatable bonds is 3. The van der Waals surface area contributed by atoms with Gasteiger partial charge in [-0.2, -0.15) is 0 Å². The van der Waals surface area contributed by atoms with Gasteiger partial charge in [-0.05, 0) is 19.9 Å². The van der Waals surface area contributed by atoms with Crippen molar-refractivity contribution in [1.29, 1.82) is 0 Å². The Hall–Kier alpha value is -1.36. The van der Waals surface area contributed by atoms with E-state index in [-0.39, 0.29) is 11.8 Å². The van der Waals surface area contributed by atoms with Crippen LogP contribution >= 0.6 is 0 Å². The van der Waals surface area contributed by atoms with Crippen molar-refractivity contribution in [3.05, 3.63) is 17.5 Å². The summed E-state index contributed by atoms with van der Waals surface area (Å²) < 4.78 is 5.04. The Kier molecular flexibility index (Phi) is 3.47. The van der Waals surface area contributed by atoms with E-state index in [0.717, 1.165) is 37.5 Å². The maximum Gasteiger partial charge on any atom is 0.226 e. The van der Waals surface area contributed by atoms with Gasteiger partial charge < -0.3 is 9.42 Å². The Balaban J connectivity index is 1.88. The third kappa shape index (κ3) is 2.85. The molecule has 1 aliphatic rings. The number of carbonyl (C=O) groups excluding carboxylic acids is 1. The molecule has 5 nitrogen and oxygen atoms in total. The second-order valence-electron chi connectivity index (χ2n) is 4.88. The van der Waals surface area contributed by atoms with Crippen LogP contribution in [0.3, 0.4) is 0 Å². The maximum atomic E-state index is 11.8. The van der Waals surface area contributed by atoms with E-state index in [4.69, 9.17) is 4.52 Å². The molecule has 0 aromatic carbocycles. The summed E-state index contributed by atoms with van der Waals surface area (Å²) in [6.07, 6.45) is 0.938. The molecular weight excluding hydrogens is 218 g/mol. The summed E-state index contributed by atoms with van der Waals surface area (Å²) in [5, 5.41) is 3.97. The summed E-state index contributed by atoms with van der Waals surface area (Å²) in [4.78, 5) is 15.7. The van der Waals surface area contributed by atoms with Crippen molar-refractivity contribution < 1.29 is 9.32 Å². The Morgan fingerprint density at radius 2 is 2.41 bits per heavy atom. The number of hydrogen-bond acceptors (Lipinski definition) is 4. The lowest BCUT2D eigenvalue weighted by Gasteiger charge is -2.17. The van der Waals surface area contributed by atoms with E-state index >= 15 is 0 Å². The van der Waals surface area contributed by atoms with E-state index in [1.807, 2.05) is 27.1 Å². The highest BCUT2D eigenvalue weighted by atomic mass is 16.5. The number of likely N-dealkylation sites (tertiary alicyclic amines) is 1. The van der Waals surface area contributed by atoms with Crippen LogP contribution in [0.5, 0.6) is 0 Å². The van der Waals surface area contributed by atoms with Gasteiger partial charge in [-0.1, -0.05) is 5.16 Å². The van der Waals surface area contributed by atoms with Crippen molar-refractivity contribution in [1.82, 2.24) is 15.0 Å². The second kappa shape index (κ2) is 4.87. The molecule has 1 unspecified atom stereocenters. The summed E-state index contributed by atoms with van der Waals surface area (Å²) in [7, 11) is 3.62. The molecule has 1 amide bonds. The topological polar surface area (TPSA) is 49.6 Å². The molecule has 1 fully saturated rings. The minimum Gasteiger partial charge on any atom is -0.361 e. The Morgan fingerprint density at radius 1 is 1.65 bits per heavy atom. The fourth-order valence-corrected chi connectivity index (χ4v) is 2.26. The summed E-state index contributed by atoms with van der Waals surface area (Å²) in [5.74, 6) is 1.20. The molecule has 1 atom stereocenters. The molecule has 0 aliphatic carbocycles. The molecule has 2 heterocycles. The molecule has 0 N–H and O–H groups in total. The van der Waals surface area contributed by atoms with Gasteiger partial charge in [0.15, 0.2) is 0 Å². The van der Waals surface area contributed by atoms with Gasteiger partial charge in [-0.25, -0.2) is 0 Å². The molecular formula is C12H19N3O2. The minimum absolute atomic E-state index is 0.137. The standard InChI is InChI=1S/C12H19N3O2/c1-9-6-11(13-17-9)8-15-5-4-10(7-15)12(16)14(2)3/h6,10H,4-5,7-8H2,1-3H3. The van der Waals surface area contributed by atoms with Gasteiger partial charge in [-0.3, -0.25) is 9.69 Å². The second-order valence-corrected chi connectivity index (χ2v) is 4.88. The smallest absolute Gasteiger partial charge is 0.226 e. The molecule has 0 radical (unpaired) electrons. The van der Waals surface area contributed by atoms with Gasteiger partial charge in [0.2, 0.25) is 5.91 Å². The lowest BCUT2D eigenvalue weighted by molar-refractivity contribution is -0.132. The van der Waals surface area contributed by atoms with E-state index in [2.05, 4.69) is 10.1 Å². The van der Waals surface area contributed by atoms with E-state index in [1.165, 1.54) is 0 Å². The molecule has 1 aliphatic heterocycles. The van der Waals surface area contributed by atoms with Gasteiger partial charge in [0.25, 0.3) is 0 Å². The number of carbonyl (C=O) groups is 1. The Labute approximate surface area is 101 Å². The minimum atomic E-state index is 0.137. The lowest BCUT2D eigenvalue weighted by atomic mass is 10.1. The number of hydrogen-bond donors (Lipinski definition) is 0. The van der Waals surface area contributed by atoms with Crippen LogP contribution in [0.4, 0.5) is 0 Å². The van der Waals surface area contributed by atoms with Gasteiger partial charge in [0.05, 0.1) is 11.6 Å². The third-order valence-electron chi connectivity index (χ3n) is 3.12. The van der Waals surface area contributed by atoms with Crippen LogP contribution in [-0.2, 0) is 11.3 Å². The number of nitrogens with zero attached hydrogens (tertiary/aromatic N) is 3. The zero-order valence-corrected chi connectivity index (χ0v) is 10.6. The summed E-state index contributed by atoms with van der Waals surface area (Å²) >= 11 is 0. The highest BCUT2D eigenvalue weighted by molar-refractivity contribution is 5.78. The SMILES string of the molecule is Cc1cc(CN2CCC(C(=O)N(C)C)C2)no1. The molecule has 5 heteroatoms. The first-order valence-corrected chi connectivity index (χ1v) is 5.92. The van der Waals surface area contributed by atoms with Gasteiger partial charge in [0, 0.05) is 33.3 Å². The van der Waals surface area contributed by atoms with Gasteiger partial charge in [0.1, 0.15) is 5.76 Å². The third-order valence-corrected chi connectivity index (χ3v) is 3.12. The van der Waals surface area contributed by atoms with Crippen molar-refractivity contribution in [3.63, 3.8) is 0 Å². The zero-order valence-electron chi connectivity index (χ0n) is 10.6. The highest BCUT2D eigenvalue weighted by Crippen LogP contribution is 2.19. The van der Waals surface area contributed by atoms with Crippen LogP contribution in [0.1, 0.15) is 17.9 Å². The molecule has 2 rings (SSSR count). The molecule has 1 aromatic rings. The first kappa shape index (κ1) is 12.1. The van der Waals surface area contributed by atoms with Crippen molar-refractivity contribution >= 4 is 5.91 Å². The Bertz CT molecular complexity index is 400. The van der Waals surface area contributed by atoms with Gasteiger partial charge in [-0.15, -0.1) is 0 Å². The largest absolute Gasteiger partial charge is 0.361 e. The van der Waals surface area contributed by atoms with Crippen LogP contribution in [0.2, 0.25) is 0 Å². The van der Waals surface area contributed by atoms with Crippen molar-refractivity contribution in [3.8, 4) is 0 Å². The summed E-state index contributed by atoms with van der Waals surface area (Å²) in [6.45, 7) is 4.44. The van der Waals surface area contributed by atoms with E-state index in [1.54, 1.807) is 4.90 Å². The van der Waals surface area contributed by atoms with Crippen LogP contribution in [0, 0.1) is 12.8 Å². The average Bonchev–Trinajstić information content (AvgIpc) is 2.87. The number of amides is 1. The Morgan fingerprint density at radius 3 is 3.00 bits per heavy atom. The number of aryl methyl sites for hydroxylation is 1. The fourth-order valence-electron chi connectivity index (χ4n) is 2.26. The number of aromatic nitrogens is 1.